The van der Waals surface area contributed by atoms with Gasteiger partial charge in [-0.3, -0.25) is 9.69 Å². The van der Waals surface area contributed by atoms with E-state index in [1.165, 1.54) is 22.4 Å². The molecule has 0 saturated carbocycles. The van der Waals surface area contributed by atoms with E-state index in [0.29, 0.717) is 22.9 Å². The lowest BCUT2D eigenvalue weighted by molar-refractivity contribution is -0.136. The number of hydrogen-bond acceptors (Lipinski definition) is 6. The van der Waals surface area contributed by atoms with E-state index in [-0.39, 0.29) is 29.1 Å². The number of sulfonamides is 1. The summed E-state index contributed by atoms with van der Waals surface area (Å²) in [6.45, 7) is 3.67. The lowest BCUT2D eigenvalue weighted by atomic mass is 10.1. The van der Waals surface area contributed by atoms with Gasteiger partial charge in [-0.15, -0.1) is 0 Å². The highest BCUT2D eigenvalue weighted by atomic mass is 32.2. The number of methoxy groups -OCH3 is 1. The van der Waals surface area contributed by atoms with E-state index in [4.69, 9.17) is 9.15 Å². The van der Waals surface area contributed by atoms with Crippen LogP contribution >= 0.6 is 0 Å². The molecule has 4 aromatic rings. The summed E-state index contributed by atoms with van der Waals surface area (Å²) in [5.74, 6) is -0.371. The summed E-state index contributed by atoms with van der Waals surface area (Å²) in [7, 11) is -2.62. The molecule has 0 spiro atoms. The highest BCUT2D eigenvalue weighted by Gasteiger charge is 2.38. The first kappa shape index (κ1) is 28.8. The molecule has 0 aliphatic carbocycles. The summed E-state index contributed by atoms with van der Waals surface area (Å²) in [5, 5.41) is 0. The number of rotatable bonds is 9. The zero-order valence-corrected chi connectivity index (χ0v) is 24.3. The highest BCUT2D eigenvalue weighted by Crippen LogP contribution is 2.35. The van der Waals surface area contributed by atoms with Gasteiger partial charge in [-0.1, -0.05) is 66.2 Å². The number of furan rings is 1. The van der Waals surface area contributed by atoms with Gasteiger partial charge < -0.3 is 9.15 Å². The van der Waals surface area contributed by atoms with Crippen LogP contribution in [0, 0.1) is 6.92 Å². The molecule has 0 fully saturated rings. The van der Waals surface area contributed by atoms with Crippen molar-refractivity contribution < 1.29 is 27.2 Å². The van der Waals surface area contributed by atoms with Gasteiger partial charge in [0.25, 0.3) is 5.91 Å². The van der Waals surface area contributed by atoms with Gasteiger partial charge >= 0.3 is 5.97 Å². The first-order valence-electron chi connectivity index (χ1n) is 13.3. The van der Waals surface area contributed by atoms with Crippen LogP contribution in [-0.4, -0.2) is 31.7 Å². The molecule has 0 N–H and O–H groups in total. The number of hydrogen-bond donors (Lipinski definition) is 0. The number of aryl methyl sites for hydroxylation is 1. The molecule has 1 amide bonds. The van der Waals surface area contributed by atoms with Crippen molar-refractivity contribution >= 4 is 33.7 Å². The van der Waals surface area contributed by atoms with Crippen LogP contribution in [0.3, 0.4) is 0 Å². The summed E-state index contributed by atoms with van der Waals surface area (Å²) >= 11 is 0. The summed E-state index contributed by atoms with van der Waals surface area (Å²) in [4.78, 5) is 27.9. The predicted molar refractivity (Wildman–Crippen MR) is 159 cm³/mol. The summed E-state index contributed by atoms with van der Waals surface area (Å²) in [5.41, 5.74) is 3.09. The summed E-state index contributed by atoms with van der Waals surface area (Å²) < 4.78 is 39.8. The Balaban J connectivity index is 1.48. The SMILES string of the molecule is COC(=O)C1=C(C)N(c2ccccc2)C(=O)/C1=C/c1ccc(CN(Cc2ccccc2)S(=O)(=O)c2ccc(C)cc2)o1. The molecule has 9 heteroatoms. The Morgan fingerprint density at radius 1 is 0.881 bits per heavy atom. The van der Waals surface area contributed by atoms with Gasteiger partial charge in [-0.25, -0.2) is 13.2 Å². The molecule has 0 atom stereocenters. The van der Waals surface area contributed by atoms with Crippen molar-refractivity contribution in [3.63, 3.8) is 0 Å². The van der Waals surface area contributed by atoms with E-state index in [1.807, 2.05) is 43.3 Å². The summed E-state index contributed by atoms with van der Waals surface area (Å²) in [6.07, 6.45) is 1.49. The Morgan fingerprint density at radius 3 is 2.17 bits per heavy atom. The quantitative estimate of drug-likeness (QED) is 0.181. The van der Waals surface area contributed by atoms with E-state index in [2.05, 4.69) is 0 Å². The standard InChI is InChI=1S/C33H30N2O6S/c1-23-14-18-29(19-15-23)42(38,39)34(21-25-10-6-4-7-11-25)22-28-17-16-27(41-28)20-30-31(33(37)40-3)24(2)35(32(30)36)26-12-8-5-9-13-26/h4-20H,21-22H2,1-3H3/b30-20+. The lowest BCUT2D eigenvalue weighted by Gasteiger charge is -2.21. The number of nitrogens with zero attached hydrogens (tertiary/aromatic N) is 2. The fraction of sp³-hybridized carbons (Fsp3) is 0.152. The van der Waals surface area contributed by atoms with Gasteiger partial charge in [-0.05, 0) is 61.9 Å². The molecule has 42 heavy (non-hydrogen) atoms. The van der Waals surface area contributed by atoms with E-state index >= 15 is 0 Å². The fourth-order valence-electron chi connectivity index (χ4n) is 4.81. The third kappa shape index (κ3) is 5.83. The number of anilines is 1. The van der Waals surface area contributed by atoms with Crippen LogP contribution in [0.2, 0.25) is 0 Å². The first-order chi connectivity index (χ1) is 20.2. The smallest absolute Gasteiger partial charge is 0.340 e. The molecule has 5 rings (SSSR count). The number of esters is 1. The average Bonchev–Trinajstić information content (AvgIpc) is 3.54. The fourth-order valence-corrected chi connectivity index (χ4v) is 6.21. The van der Waals surface area contributed by atoms with E-state index in [1.54, 1.807) is 67.6 Å². The second kappa shape index (κ2) is 12.0. The van der Waals surface area contributed by atoms with Gasteiger partial charge in [0.2, 0.25) is 10.0 Å². The van der Waals surface area contributed by atoms with Crippen molar-refractivity contribution in [1.82, 2.24) is 4.31 Å². The molecular formula is C33H30N2O6S. The largest absolute Gasteiger partial charge is 0.465 e. The minimum absolute atomic E-state index is 0.0446. The van der Waals surface area contributed by atoms with Gasteiger partial charge in [0.05, 0.1) is 29.7 Å². The lowest BCUT2D eigenvalue weighted by Crippen LogP contribution is -2.30. The maximum atomic E-state index is 13.7. The van der Waals surface area contributed by atoms with Gasteiger partial charge in [-0.2, -0.15) is 4.31 Å². The number of carbonyl (C=O) groups excluding carboxylic acids is 2. The van der Waals surface area contributed by atoms with Crippen LogP contribution < -0.4 is 4.90 Å². The van der Waals surface area contributed by atoms with Crippen LogP contribution in [0.4, 0.5) is 5.69 Å². The van der Waals surface area contributed by atoms with Crippen molar-refractivity contribution in [2.45, 2.75) is 31.8 Å². The Morgan fingerprint density at radius 2 is 1.52 bits per heavy atom. The second-order valence-electron chi connectivity index (χ2n) is 9.86. The number of ether oxygens (including phenoxy) is 1. The van der Waals surface area contributed by atoms with Crippen LogP contribution in [0.1, 0.15) is 29.6 Å². The van der Waals surface area contributed by atoms with E-state index < -0.39 is 21.9 Å². The number of amides is 1. The van der Waals surface area contributed by atoms with Crippen LogP contribution in [0.5, 0.6) is 0 Å². The molecule has 1 aliphatic heterocycles. The van der Waals surface area contributed by atoms with Gasteiger partial charge in [0.15, 0.2) is 0 Å². The van der Waals surface area contributed by atoms with Crippen LogP contribution in [0.25, 0.3) is 6.08 Å². The first-order valence-corrected chi connectivity index (χ1v) is 14.7. The molecule has 1 aliphatic rings. The van der Waals surface area contributed by atoms with Gasteiger partial charge in [0.1, 0.15) is 11.5 Å². The minimum atomic E-state index is -3.88. The van der Waals surface area contributed by atoms with Crippen molar-refractivity contribution in [3.05, 3.63) is 137 Å². The molecule has 0 unspecified atom stereocenters. The molecule has 3 aromatic carbocycles. The molecule has 1 aromatic heterocycles. The number of benzene rings is 3. The molecule has 2 heterocycles. The Bertz CT molecular complexity index is 1770. The zero-order valence-electron chi connectivity index (χ0n) is 23.5. The molecule has 8 nitrogen and oxygen atoms in total. The molecule has 214 valence electrons. The van der Waals surface area contributed by atoms with E-state index in [9.17, 15) is 18.0 Å². The van der Waals surface area contributed by atoms with Gasteiger partial charge in [0, 0.05) is 17.9 Å². The van der Waals surface area contributed by atoms with E-state index in [0.717, 1.165) is 11.1 Å². The third-order valence-corrected chi connectivity index (χ3v) is 8.77. The maximum absolute atomic E-state index is 13.7. The molecule has 0 radical (unpaired) electrons. The Kier molecular flexibility index (Phi) is 8.24. The minimum Gasteiger partial charge on any atom is -0.465 e. The topological polar surface area (TPSA) is 97.1 Å². The van der Waals surface area contributed by atoms with Crippen LogP contribution in [0.15, 0.2) is 123 Å². The molecular weight excluding hydrogens is 552 g/mol. The average molecular weight is 583 g/mol. The second-order valence-corrected chi connectivity index (χ2v) is 11.8. The highest BCUT2D eigenvalue weighted by molar-refractivity contribution is 7.89. The number of carbonyl (C=O) groups is 2. The van der Waals surface area contributed by atoms with Crippen LogP contribution in [-0.2, 0) is 37.4 Å². The Labute approximate surface area is 245 Å². The number of allylic oxidation sites excluding steroid dienone is 1. The van der Waals surface area contributed by atoms with Crippen molar-refractivity contribution in [3.8, 4) is 0 Å². The number of para-hydroxylation sites is 1. The maximum Gasteiger partial charge on any atom is 0.340 e. The molecule has 0 bridgehead atoms. The van der Waals surface area contributed by atoms with Crippen molar-refractivity contribution in [1.29, 1.82) is 0 Å². The summed E-state index contributed by atoms with van der Waals surface area (Å²) in [6, 6.07) is 28.3. The monoisotopic (exact) mass is 582 g/mol. The molecule has 0 saturated heterocycles. The van der Waals surface area contributed by atoms with Crippen molar-refractivity contribution in [2.75, 3.05) is 12.0 Å². The zero-order chi connectivity index (χ0) is 29.9. The third-order valence-electron chi connectivity index (χ3n) is 6.97. The van der Waals surface area contributed by atoms with Crippen molar-refractivity contribution in [2.24, 2.45) is 0 Å². The normalized spacial score (nSPS) is 14.7. The predicted octanol–water partition coefficient (Wildman–Crippen LogP) is 5.86. The Hall–Kier alpha value is -4.73.